The van der Waals surface area contributed by atoms with Crippen molar-refractivity contribution in [1.82, 2.24) is 39.9 Å². The van der Waals surface area contributed by atoms with Gasteiger partial charge in [0.2, 0.25) is 0 Å². The van der Waals surface area contributed by atoms with Crippen molar-refractivity contribution in [3.05, 3.63) is 121 Å². The van der Waals surface area contributed by atoms with Crippen molar-refractivity contribution < 1.29 is 57.9 Å². The van der Waals surface area contributed by atoms with Gasteiger partial charge in [-0.05, 0) is 39.1 Å². The van der Waals surface area contributed by atoms with Crippen LogP contribution < -0.4 is 9.97 Å². The van der Waals surface area contributed by atoms with Gasteiger partial charge in [0.25, 0.3) is 20.2 Å². The average molecular weight is 881 g/mol. The molecule has 0 fully saturated rings. The first-order valence-corrected chi connectivity index (χ1v) is 20.7. The molecule has 0 spiro atoms. The summed E-state index contributed by atoms with van der Waals surface area (Å²) in [4.78, 5) is 37.9. The largest absolute Gasteiger partial charge is 2.00 e. The van der Waals surface area contributed by atoms with Crippen LogP contribution in [-0.2, 0) is 42.0 Å². The van der Waals surface area contributed by atoms with Crippen molar-refractivity contribution in [2.75, 3.05) is 0 Å². The number of benzene rings is 6. The van der Waals surface area contributed by atoms with E-state index in [0.717, 1.165) is 55.9 Å². The minimum Gasteiger partial charge on any atom is -0.507 e. The number of hydrogen-bond acceptors (Lipinski definition) is 12. The summed E-state index contributed by atoms with van der Waals surface area (Å²) >= 11 is 0. The number of aromatic nitrogens is 8. The number of nitrogens with zero attached hydrogens (tertiary/aromatic N) is 8. The molecule has 0 unspecified atom stereocenters. The smallest absolute Gasteiger partial charge is 0.507 e. The number of rotatable bonds is 2. The van der Waals surface area contributed by atoms with E-state index in [1.54, 1.807) is 0 Å². The molecule has 0 radical (unpaired) electrons. The molecular weight excluding hydrogens is 857 g/mol. The molecule has 16 nitrogen and oxygen atoms in total. The standard InChI is InChI=1S/C32H16N8.C10H8O8S2.Ti/c1-2-10-18-17(9-1)25-33-26(18)38-28-21-13-5-6-14-22(21)30(35-28)40-32-24-16-8-7-15-23(24)31(36-32)39-29-20-12-4-3-11-19(20)27(34-29)37-25;11-8-3-6(19(13,14)15)1-5-2-7(20(16,17)18)4-9(12)10(5)8;/h1-16H;1-4,11-12H,(H,13,14,15)(H,16,17,18);/q-2;;+2. The van der Waals surface area contributed by atoms with Gasteiger partial charge in [-0.15, -0.1) is 0 Å². The van der Waals surface area contributed by atoms with E-state index in [2.05, 4.69) is 0 Å². The van der Waals surface area contributed by atoms with Crippen LogP contribution in [0.15, 0.2) is 131 Å². The van der Waals surface area contributed by atoms with Crippen LogP contribution in [0.3, 0.4) is 0 Å². The Kier molecular flexibility index (Phi) is 9.50. The Morgan fingerprint density at radius 1 is 0.410 bits per heavy atom. The Balaban J connectivity index is 0.000000193. The van der Waals surface area contributed by atoms with Gasteiger partial charge in [-0.25, -0.2) is 9.97 Å². The number of phenols is 2. The van der Waals surface area contributed by atoms with Crippen molar-refractivity contribution in [3.63, 3.8) is 0 Å². The molecule has 3 aromatic heterocycles. The van der Waals surface area contributed by atoms with Crippen molar-refractivity contribution in [3.8, 4) is 57.1 Å². The SMILES string of the molecule is O=S(=O)(O)c1cc(O)c2c(O)cc(S(=O)(=O)O)cc2c1.[Ti+2].c1ccc2c(c1)-c1nc-2nc2[n-]c(nc3nc(nc4[n-]c(n1)c1ccccc41)-c1ccccc1-3)c1ccccc21. The second-order valence-electron chi connectivity index (χ2n) is 13.6. The average Bonchev–Trinajstić information content (AvgIpc) is 3.96. The van der Waals surface area contributed by atoms with E-state index in [-0.39, 0.29) is 32.5 Å². The molecule has 19 heteroatoms. The van der Waals surface area contributed by atoms with Gasteiger partial charge in [0.15, 0.2) is 0 Å². The monoisotopic (exact) mass is 880 g/mol. The molecule has 11 rings (SSSR count). The molecule has 0 saturated carbocycles. The van der Waals surface area contributed by atoms with Crippen molar-refractivity contribution in [2.45, 2.75) is 9.79 Å². The van der Waals surface area contributed by atoms with Gasteiger partial charge in [0, 0.05) is 57.0 Å². The van der Waals surface area contributed by atoms with Crippen LogP contribution in [0.5, 0.6) is 11.5 Å². The third-order valence-corrected chi connectivity index (χ3v) is 11.5. The maximum absolute atomic E-state index is 11.0. The predicted molar refractivity (Wildman–Crippen MR) is 221 cm³/mol. The van der Waals surface area contributed by atoms with Gasteiger partial charge in [-0.3, -0.25) is 9.11 Å². The summed E-state index contributed by atoms with van der Waals surface area (Å²) in [5, 5.41) is 22.5. The topological polar surface area (TPSA) is 255 Å². The first-order chi connectivity index (χ1) is 28.8. The maximum atomic E-state index is 11.0. The van der Waals surface area contributed by atoms with Crippen LogP contribution in [0.25, 0.3) is 100 Å². The molecule has 0 aliphatic carbocycles. The van der Waals surface area contributed by atoms with Crippen molar-refractivity contribution >= 4 is 75.1 Å². The zero-order valence-corrected chi connectivity index (χ0v) is 34.1. The summed E-state index contributed by atoms with van der Waals surface area (Å²) in [6.45, 7) is 0. The molecule has 2 aliphatic rings. The van der Waals surface area contributed by atoms with E-state index in [4.69, 9.17) is 49.0 Å². The van der Waals surface area contributed by atoms with Crippen molar-refractivity contribution in [1.29, 1.82) is 0 Å². The predicted octanol–water partition coefficient (Wildman–Crippen LogP) is 6.87. The fraction of sp³-hybridized carbons (Fsp3) is 0. The van der Waals surface area contributed by atoms with Crippen molar-refractivity contribution in [2.24, 2.45) is 0 Å². The van der Waals surface area contributed by atoms with Gasteiger partial charge in [-0.1, -0.05) is 97.1 Å². The van der Waals surface area contributed by atoms with Crippen LogP contribution in [0.2, 0.25) is 0 Å². The summed E-state index contributed by atoms with van der Waals surface area (Å²) in [6, 6.07) is 34.9. The second kappa shape index (κ2) is 14.7. The summed E-state index contributed by atoms with van der Waals surface area (Å²) < 4.78 is 61.8. The minimum absolute atomic E-state index is 0. The molecule has 8 bridgehead atoms. The summed E-state index contributed by atoms with van der Waals surface area (Å²) in [5.74, 6) is 0.865. The summed E-state index contributed by atoms with van der Waals surface area (Å²) in [7, 11) is -9.26. The quantitative estimate of drug-likeness (QED) is 0.102. The summed E-state index contributed by atoms with van der Waals surface area (Å²) in [6.07, 6.45) is 0. The molecule has 296 valence electrons. The van der Waals surface area contributed by atoms with Gasteiger partial charge in [-0.2, -0.15) is 16.8 Å². The summed E-state index contributed by atoms with van der Waals surface area (Å²) in [5.41, 5.74) is 5.78. The molecular formula is C42H24N8O8S2Ti. The van der Waals surface area contributed by atoms with Crippen LogP contribution in [-0.4, -0.2) is 66.1 Å². The molecule has 5 heterocycles. The van der Waals surface area contributed by atoms with Crippen LogP contribution in [0, 0.1) is 0 Å². The fourth-order valence-electron chi connectivity index (χ4n) is 7.17. The van der Waals surface area contributed by atoms with Gasteiger partial charge >= 0.3 is 21.7 Å². The molecule has 6 aromatic carbocycles. The Bertz CT molecular complexity index is 3340. The number of phenolic OH excluding ortho intramolecular Hbond substituents is 2. The Morgan fingerprint density at radius 3 is 0.967 bits per heavy atom. The molecule has 0 saturated heterocycles. The van der Waals surface area contributed by atoms with E-state index in [0.29, 0.717) is 58.0 Å². The van der Waals surface area contributed by atoms with Crippen LogP contribution >= 0.6 is 0 Å². The third-order valence-electron chi connectivity index (χ3n) is 9.88. The zero-order valence-electron chi connectivity index (χ0n) is 30.9. The van der Waals surface area contributed by atoms with E-state index in [1.807, 2.05) is 97.1 Å². The molecule has 61 heavy (non-hydrogen) atoms. The molecule has 0 atom stereocenters. The Morgan fingerprint density at radius 2 is 0.689 bits per heavy atom. The van der Waals surface area contributed by atoms with Gasteiger partial charge in [0.05, 0.1) is 38.5 Å². The van der Waals surface area contributed by atoms with Crippen LogP contribution in [0.1, 0.15) is 0 Å². The van der Waals surface area contributed by atoms with Crippen LogP contribution in [0.4, 0.5) is 0 Å². The molecule has 4 N–H and O–H groups in total. The molecule has 2 aliphatic heterocycles. The van der Waals surface area contributed by atoms with E-state index in [1.165, 1.54) is 0 Å². The normalized spacial score (nSPS) is 12.0. The molecule has 0 amide bonds. The first kappa shape index (κ1) is 39.5. The van der Waals surface area contributed by atoms with E-state index < -0.39 is 41.5 Å². The minimum atomic E-state index is -4.63. The fourth-order valence-corrected chi connectivity index (χ4v) is 8.25. The van der Waals surface area contributed by atoms with E-state index >= 15 is 0 Å². The third kappa shape index (κ3) is 6.96. The van der Waals surface area contributed by atoms with Gasteiger partial charge < -0.3 is 40.1 Å². The zero-order chi connectivity index (χ0) is 41.5. The number of fused-ring (bicyclic) bond motifs is 21. The molecule has 9 aromatic rings. The van der Waals surface area contributed by atoms with Gasteiger partial charge in [0.1, 0.15) is 11.5 Å². The van der Waals surface area contributed by atoms with E-state index in [9.17, 15) is 27.0 Å². The maximum Gasteiger partial charge on any atom is 2.00 e. The Hall–Kier alpha value is -6.93. The number of hydrogen-bond donors (Lipinski definition) is 4. The Labute approximate surface area is 359 Å². The number of aromatic hydroxyl groups is 2. The second-order valence-corrected chi connectivity index (χ2v) is 16.4. The first-order valence-electron chi connectivity index (χ1n) is 17.8.